The number of hydrazine groups is 1. The molecule has 6 heteroatoms. The van der Waals surface area contributed by atoms with Crippen molar-refractivity contribution in [1.29, 1.82) is 0 Å². The first kappa shape index (κ1) is 11.6. The molecule has 0 spiro atoms. The first-order valence-electron chi connectivity index (χ1n) is 2.86. The summed E-state index contributed by atoms with van der Waals surface area (Å²) >= 11 is 2.02. The number of pyridine rings is 1. The van der Waals surface area contributed by atoms with Crippen LogP contribution in [0.25, 0.3) is 0 Å². The smallest absolute Gasteiger partial charge is 0.266 e. The lowest BCUT2D eigenvalue weighted by Gasteiger charge is -1.99. The van der Waals surface area contributed by atoms with E-state index in [-0.39, 0.29) is 18.3 Å². The Kier molecular flexibility index (Phi) is 5.11. The van der Waals surface area contributed by atoms with Gasteiger partial charge >= 0.3 is 0 Å². The van der Waals surface area contributed by atoms with Gasteiger partial charge in [-0.2, -0.15) is 0 Å². The van der Waals surface area contributed by atoms with Gasteiger partial charge in [-0.05, 0) is 28.7 Å². The van der Waals surface area contributed by atoms with E-state index < -0.39 is 0 Å². The second-order valence-electron chi connectivity index (χ2n) is 1.83. The highest BCUT2D eigenvalue weighted by atomic mass is 127. The molecule has 3 N–H and O–H groups in total. The maximum atomic E-state index is 11.0. The zero-order valence-corrected chi connectivity index (χ0v) is 8.93. The molecule has 12 heavy (non-hydrogen) atoms. The summed E-state index contributed by atoms with van der Waals surface area (Å²) in [6.07, 6.45) is 3.15. The van der Waals surface area contributed by atoms with Gasteiger partial charge in [0.1, 0.15) is 0 Å². The minimum absolute atomic E-state index is 0. The van der Waals surface area contributed by atoms with E-state index in [9.17, 15) is 4.79 Å². The third-order valence-electron chi connectivity index (χ3n) is 1.15. The van der Waals surface area contributed by atoms with Crippen LogP contribution in [-0.4, -0.2) is 10.9 Å². The Morgan fingerprint density at radius 3 is 2.83 bits per heavy atom. The van der Waals surface area contributed by atoms with Gasteiger partial charge in [-0.3, -0.25) is 15.2 Å². The summed E-state index contributed by atoms with van der Waals surface area (Å²) in [5, 5.41) is 0. The lowest BCUT2D eigenvalue weighted by molar-refractivity contribution is 0.0952. The highest BCUT2D eigenvalue weighted by Crippen LogP contribution is 2.08. The molecule has 1 aromatic rings. The summed E-state index contributed by atoms with van der Waals surface area (Å²) in [4.78, 5) is 14.8. The fraction of sp³-hybridized carbons (Fsp3) is 0. The van der Waals surface area contributed by atoms with Crippen molar-refractivity contribution >= 4 is 40.9 Å². The van der Waals surface area contributed by atoms with Crippen molar-refractivity contribution in [3.8, 4) is 0 Å². The molecule has 4 nitrogen and oxygen atoms in total. The molecule has 0 aliphatic rings. The quantitative estimate of drug-likeness (QED) is 0.347. The monoisotopic (exact) mass is 299 g/mol. The topological polar surface area (TPSA) is 68.0 Å². The molecular formula is C6H7ClIN3O. The molecule has 0 aliphatic carbocycles. The summed E-state index contributed by atoms with van der Waals surface area (Å²) < 4.78 is 0.785. The Morgan fingerprint density at radius 2 is 2.33 bits per heavy atom. The number of hydrogen-bond donors (Lipinski definition) is 2. The highest BCUT2D eigenvalue weighted by molar-refractivity contribution is 14.1. The molecule has 0 aliphatic heterocycles. The summed E-state index contributed by atoms with van der Waals surface area (Å²) in [5.74, 6) is 4.66. The maximum Gasteiger partial charge on any atom is 0.266 e. The van der Waals surface area contributed by atoms with E-state index in [1.807, 2.05) is 22.6 Å². The molecular weight excluding hydrogens is 292 g/mol. The SMILES string of the molecule is Cl.NNC(=O)c1ccncc1I. The van der Waals surface area contributed by atoms with E-state index in [2.05, 4.69) is 10.4 Å². The first-order chi connectivity index (χ1) is 5.25. The number of hydrogen-bond acceptors (Lipinski definition) is 3. The summed E-state index contributed by atoms with van der Waals surface area (Å²) in [7, 11) is 0. The lowest BCUT2D eigenvalue weighted by atomic mass is 10.3. The third kappa shape index (κ3) is 2.58. The van der Waals surface area contributed by atoms with Gasteiger partial charge in [-0.15, -0.1) is 12.4 Å². The van der Waals surface area contributed by atoms with Crippen molar-refractivity contribution in [2.45, 2.75) is 0 Å². The van der Waals surface area contributed by atoms with Crippen LogP contribution in [0.2, 0.25) is 0 Å². The number of carbonyl (C=O) groups is 1. The van der Waals surface area contributed by atoms with Gasteiger partial charge in [0, 0.05) is 16.0 Å². The summed E-state index contributed by atoms with van der Waals surface area (Å²) in [5.41, 5.74) is 2.60. The molecule has 0 saturated heterocycles. The number of rotatable bonds is 1. The zero-order valence-electron chi connectivity index (χ0n) is 5.95. The number of halogens is 2. The minimum Gasteiger partial charge on any atom is -0.290 e. The average molecular weight is 299 g/mol. The fourth-order valence-corrected chi connectivity index (χ4v) is 1.22. The second kappa shape index (κ2) is 5.28. The molecule has 0 atom stereocenters. The van der Waals surface area contributed by atoms with Crippen LogP contribution in [0.5, 0.6) is 0 Å². The minimum atomic E-state index is -0.295. The Balaban J connectivity index is 0.00000121. The number of nitrogens with two attached hydrogens (primary N) is 1. The number of carbonyl (C=O) groups excluding carboxylic acids is 1. The average Bonchev–Trinajstić information content (AvgIpc) is 2.04. The van der Waals surface area contributed by atoms with Crippen molar-refractivity contribution < 1.29 is 4.79 Å². The number of nitrogens with one attached hydrogen (secondary N) is 1. The van der Waals surface area contributed by atoms with Gasteiger partial charge < -0.3 is 0 Å². The Morgan fingerprint density at radius 1 is 1.67 bits per heavy atom. The number of nitrogen functional groups attached to an aromatic ring is 1. The van der Waals surface area contributed by atoms with Gasteiger partial charge in [0.05, 0.1) is 5.56 Å². The van der Waals surface area contributed by atoms with Gasteiger partial charge in [0.2, 0.25) is 0 Å². The van der Waals surface area contributed by atoms with Crippen LogP contribution in [-0.2, 0) is 0 Å². The van der Waals surface area contributed by atoms with Crippen LogP contribution in [0.1, 0.15) is 10.4 Å². The molecule has 0 aromatic carbocycles. The number of aromatic nitrogens is 1. The van der Waals surface area contributed by atoms with Crippen LogP contribution in [0.15, 0.2) is 18.5 Å². The van der Waals surface area contributed by atoms with Crippen LogP contribution < -0.4 is 11.3 Å². The van der Waals surface area contributed by atoms with Crippen molar-refractivity contribution in [3.63, 3.8) is 0 Å². The Labute approximate surface area is 89.5 Å². The Bertz CT molecular complexity index is 281. The predicted molar refractivity (Wildman–Crippen MR) is 55.9 cm³/mol. The van der Waals surface area contributed by atoms with Gasteiger partial charge in [-0.25, -0.2) is 5.84 Å². The van der Waals surface area contributed by atoms with Gasteiger partial charge in [0.15, 0.2) is 0 Å². The van der Waals surface area contributed by atoms with Crippen molar-refractivity contribution in [2.75, 3.05) is 0 Å². The molecule has 0 unspecified atom stereocenters. The highest BCUT2D eigenvalue weighted by Gasteiger charge is 2.06. The first-order valence-corrected chi connectivity index (χ1v) is 3.94. The lowest BCUT2D eigenvalue weighted by Crippen LogP contribution is -2.30. The molecule has 1 rings (SSSR count). The zero-order chi connectivity index (χ0) is 8.27. The van der Waals surface area contributed by atoms with Crippen LogP contribution in [0, 0.1) is 3.57 Å². The van der Waals surface area contributed by atoms with Crippen molar-refractivity contribution in [3.05, 3.63) is 27.6 Å². The van der Waals surface area contributed by atoms with Gasteiger partial charge in [-0.1, -0.05) is 0 Å². The van der Waals surface area contributed by atoms with Gasteiger partial charge in [0.25, 0.3) is 5.91 Å². The molecule has 1 amide bonds. The number of amides is 1. The molecule has 1 aromatic heterocycles. The standard InChI is InChI=1S/C6H6IN3O.ClH/c7-5-3-9-2-1-4(5)6(11)10-8;/h1-3H,8H2,(H,10,11);1H. The van der Waals surface area contributed by atoms with E-state index >= 15 is 0 Å². The molecule has 0 bridgehead atoms. The van der Waals surface area contributed by atoms with Crippen LogP contribution >= 0.6 is 35.0 Å². The summed E-state index contributed by atoms with van der Waals surface area (Å²) in [6.45, 7) is 0. The molecule has 1 heterocycles. The molecule has 0 fully saturated rings. The van der Waals surface area contributed by atoms with E-state index in [4.69, 9.17) is 5.84 Å². The van der Waals surface area contributed by atoms with E-state index in [1.165, 1.54) is 0 Å². The van der Waals surface area contributed by atoms with Crippen LogP contribution in [0.3, 0.4) is 0 Å². The fourth-order valence-electron chi connectivity index (χ4n) is 0.637. The van der Waals surface area contributed by atoms with Crippen molar-refractivity contribution in [2.24, 2.45) is 5.84 Å². The second-order valence-corrected chi connectivity index (χ2v) is 2.99. The number of nitrogens with zero attached hydrogens (tertiary/aromatic N) is 1. The van der Waals surface area contributed by atoms with Crippen molar-refractivity contribution in [1.82, 2.24) is 10.4 Å². The summed E-state index contributed by atoms with van der Waals surface area (Å²) in [6, 6.07) is 1.62. The Hall–Kier alpha value is -0.400. The predicted octanol–water partition coefficient (Wildman–Crippen LogP) is 0.712. The molecule has 0 saturated carbocycles. The largest absolute Gasteiger partial charge is 0.290 e. The van der Waals surface area contributed by atoms with E-state index in [0.29, 0.717) is 5.56 Å². The van der Waals surface area contributed by atoms with Crippen LogP contribution in [0.4, 0.5) is 0 Å². The van der Waals surface area contributed by atoms with E-state index in [1.54, 1.807) is 18.5 Å². The maximum absolute atomic E-state index is 11.0. The third-order valence-corrected chi connectivity index (χ3v) is 2.01. The molecule has 0 radical (unpaired) electrons. The molecule has 66 valence electrons. The van der Waals surface area contributed by atoms with E-state index in [0.717, 1.165) is 3.57 Å². The normalized spacial score (nSPS) is 8.50.